The minimum absolute atomic E-state index is 0.372. The lowest BCUT2D eigenvalue weighted by atomic mass is 10.1. The van der Waals surface area contributed by atoms with Crippen LogP contribution < -0.4 is 4.74 Å². The minimum atomic E-state index is -0.447. The van der Waals surface area contributed by atoms with Gasteiger partial charge in [0, 0.05) is 16.7 Å². The second-order valence-electron chi connectivity index (χ2n) is 5.15. The van der Waals surface area contributed by atoms with Crippen molar-refractivity contribution >= 4 is 23.2 Å². The van der Waals surface area contributed by atoms with Crippen molar-refractivity contribution in [2.45, 2.75) is 20.0 Å². The summed E-state index contributed by atoms with van der Waals surface area (Å²) in [5.41, 5.74) is 2.03. The fourth-order valence-electron chi connectivity index (χ4n) is 2.02. The van der Waals surface area contributed by atoms with Gasteiger partial charge in [-0.3, -0.25) is 0 Å². The van der Waals surface area contributed by atoms with Gasteiger partial charge in [0.1, 0.15) is 5.75 Å². The first-order valence-corrected chi connectivity index (χ1v) is 7.80. The molecule has 118 valence electrons. The minimum Gasteiger partial charge on any atom is -0.479 e. The Morgan fingerprint density at radius 1 is 1.04 bits per heavy atom. The van der Waals surface area contributed by atoms with Crippen molar-refractivity contribution in [3.63, 3.8) is 0 Å². The van der Waals surface area contributed by atoms with Crippen LogP contribution in [0.3, 0.4) is 0 Å². The van der Waals surface area contributed by atoms with Gasteiger partial charge in [0.05, 0.1) is 5.02 Å². The van der Waals surface area contributed by atoms with Crippen LogP contribution in [0.2, 0.25) is 10.0 Å². The molecule has 0 aliphatic carbocycles. The number of halogens is 2. The summed E-state index contributed by atoms with van der Waals surface area (Å²) in [5, 5.41) is 9.12. The van der Waals surface area contributed by atoms with Crippen LogP contribution in [-0.4, -0.2) is 10.2 Å². The van der Waals surface area contributed by atoms with E-state index in [-0.39, 0.29) is 0 Å². The Bertz CT molecular complexity index is 816. The number of nitrogens with zero attached hydrogens (tertiary/aromatic N) is 2. The number of aryl methyl sites for hydroxylation is 1. The molecule has 1 atom stereocenters. The van der Waals surface area contributed by atoms with Crippen LogP contribution in [0.5, 0.6) is 5.75 Å². The number of aromatic nitrogens is 2. The number of hydrogen-bond acceptors (Lipinski definition) is 4. The molecule has 0 radical (unpaired) electrons. The van der Waals surface area contributed by atoms with Gasteiger partial charge in [-0.2, -0.15) is 0 Å². The molecular formula is C17H14Cl2N2O2. The third-order valence-electron chi connectivity index (χ3n) is 3.28. The summed E-state index contributed by atoms with van der Waals surface area (Å²) in [6, 6.07) is 12.9. The summed E-state index contributed by atoms with van der Waals surface area (Å²) < 4.78 is 11.5. The average molecular weight is 349 g/mol. The van der Waals surface area contributed by atoms with Gasteiger partial charge in [0.2, 0.25) is 5.89 Å². The van der Waals surface area contributed by atoms with E-state index in [1.165, 1.54) is 5.56 Å². The van der Waals surface area contributed by atoms with E-state index in [0.29, 0.717) is 27.6 Å². The zero-order valence-corrected chi connectivity index (χ0v) is 14.1. The highest BCUT2D eigenvalue weighted by Gasteiger charge is 2.18. The number of rotatable bonds is 4. The van der Waals surface area contributed by atoms with E-state index in [4.69, 9.17) is 32.4 Å². The van der Waals surface area contributed by atoms with E-state index in [0.717, 1.165) is 5.56 Å². The molecule has 0 amide bonds. The Morgan fingerprint density at radius 2 is 1.78 bits per heavy atom. The molecule has 0 aliphatic rings. The summed E-state index contributed by atoms with van der Waals surface area (Å²) in [6.07, 6.45) is -0.447. The molecule has 0 saturated heterocycles. The third-order valence-corrected chi connectivity index (χ3v) is 3.83. The Labute approximate surface area is 144 Å². The molecule has 1 aromatic heterocycles. The van der Waals surface area contributed by atoms with Crippen molar-refractivity contribution in [1.82, 2.24) is 10.2 Å². The highest BCUT2D eigenvalue weighted by molar-refractivity contribution is 6.34. The molecule has 0 N–H and O–H groups in total. The number of hydrogen-bond donors (Lipinski definition) is 0. The first-order chi connectivity index (χ1) is 11.0. The van der Waals surface area contributed by atoms with Crippen molar-refractivity contribution in [2.24, 2.45) is 0 Å². The van der Waals surface area contributed by atoms with Crippen molar-refractivity contribution in [2.75, 3.05) is 0 Å². The molecule has 2 aromatic carbocycles. The van der Waals surface area contributed by atoms with E-state index in [1.807, 2.05) is 38.1 Å². The van der Waals surface area contributed by atoms with E-state index in [2.05, 4.69) is 10.2 Å². The van der Waals surface area contributed by atoms with Crippen molar-refractivity contribution in [3.8, 4) is 17.2 Å². The van der Waals surface area contributed by atoms with Gasteiger partial charge in [-0.15, -0.1) is 10.2 Å². The van der Waals surface area contributed by atoms with E-state index in [9.17, 15) is 0 Å². The van der Waals surface area contributed by atoms with Gasteiger partial charge in [0.25, 0.3) is 5.89 Å². The molecule has 0 aliphatic heterocycles. The molecule has 0 unspecified atom stereocenters. The molecule has 4 nitrogen and oxygen atoms in total. The standard InChI is InChI=1S/C17H14Cl2N2O2/c1-10-3-5-12(6-4-10)17-21-20-16(23-17)11(2)22-15-9-13(18)7-8-14(15)19/h3-9,11H,1-2H3/t11-/m1/s1. The summed E-state index contributed by atoms with van der Waals surface area (Å²) in [7, 11) is 0. The van der Waals surface area contributed by atoms with Crippen LogP contribution in [-0.2, 0) is 0 Å². The van der Waals surface area contributed by atoms with Crippen LogP contribution >= 0.6 is 23.2 Å². The molecule has 1 heterocycles. The number of ether oxygens (including phenoxy) is 1. The third kappa shape index (κ3) is 3.66. The maximum Gasteiger partial charge on any atom is 0.257 e. The van der Waals surface area contributed by atoms with Gasteiger partial charge in [-0.1, -0.05) is 40.9 Å². The topological polar surface area (TPSA) is 48.2 Å². The van der Waals surface area contributed by atoms with E-state index >= 15 is 0 Å². The molecule has 6 heteroatoms. The lowest BCUT2D eigenvalue weighted by Crippen LogP contribution is -2.03. The summed E-state index contributed by atoms with van der Waals surface area (Å²) in [5.74, 6) is 1.30. The second-order valence-corrected chi connectivity index (χ2v) is 5.99. The molecule has 23 heavy (non-hydrogen) atoms. The predicted molar refractivity (Wildman–Crippen MR) is 90.0 cm³/mol. The predicted octanol–water partition coefficient (Wildman–Crippen LogP) is 5.49. The maximum absolute atomic E-state index is 6.09. The molecule has 3 rings (SSSR count). The monoisotopic (exact) mass is 348 g/mol. The second kappa shape index (κ2) is 6.60. The maximum atomic E-state index is 6.09. The van der Waals surface area contributed by atoms with Crippen LogP contribution in [0.15, 0.2) is 46.9 Å². The zero-order chi connectivity index (χ0) is 16.4. The smallest absolute Gasteiger partial charge is 0.257 e. The molecule has 0 fully saturated rings. The molecule has 0 bridgehead atoms. The van der Waals surface area contributed by atoms with Crippen LogP contribution in [0.1, 0.15) is 24.5 Å². The fourth-order valence-corrected chi connectivity index (χ4v) is 2.34. The van der Waals surface area contributed by atoms with Gasteiger partial charge < -0.3 is 9.15 Å². The summed E-state index contributed by atoms with van der Waals surface area (Å²) in [6.45, 7) is 3.83. The van der Waals surface area contributed by atoms with Crippen molar-refractivity contribution < 1.29 is 9.15 Å². The average Bonchev–Trinajstić information content (AvgIpc) is 3.02. The number of benzene rings is 2. The highest BCUT2D eigenvalue weighted by Crippen LogP contribution is 2.31. The largest absolute Gasteiger partial charge is 0.479 e. The molecule has 0 spiro atoms. The SMILES string of the molecule is Cc1ccc(-c2nnc([C@@H](C)Oc3cc(Cl)ccc3Cl)o2)cc1. The normalized spacial score (nSPS) is 12.2. The molecule has 0 saturated carbocycles. The molecule has 3 aromatic rings. The van der Waals surface area contributed by atoms with Crippen LogP contribution in [0, 0.1) is 6.92 Å². The highest BCUT2D eigenvalue weighted by atomic mass is 35.5. The Morgan fingerprint density at radius 3 is 2.52 bits per heavy atom. The first kappa shape index (κ1) is 15.8. The van der Waals surface area contributed by atoms with Gasteiger partial charge in [0.15, 0.2) is 6.10 Å². The quantitative estimate of drug-likeness (QED) is 0.625. The van der Waals surface area contributed by atoms with Crippen molar-refractivity contribution in [3.05, 3.63) is 64.0 Å². The van der Waals surface area contributed by atoms with E-state index in [1.54, 1.807) is 18.2 Å². The Balaban J connectivity index is 1.79. The Hall–Kier alpha value is -2.04. The lowest BCUT2D eigenvalue weighted by Gasteiger charge is -2.12. The van der Waals surface area contributed by atoms with Crippen LogP contribution in [0.4, 0.5) is 0 Å². The first-order valence-electron chi connectivity index (χ1n) is 7.05. The van der Waals surface area contributed by atoms with Gasteiger partial charge in [-0.05, 0) is 38.1 Å². The fraction of sp³-hybridized carbons (Fsp3) is 0.176. The summed E-state index contributed by atoms with van der Waals surface area (Å²) >= 11 is 12.0. The Kier molecular flexibility index (Phi) is 4.55. The van der Waals surface area contributed by atoms with E-state index < -0.39 is 6.10 Å². The zero-order valence-electron chi connectivity index (χ0n) is 12.6. The lowest BCUT2D eigenvalue weighted by molar-refractivity contribution is 0.190. The van der Waals surface area contributed by atoms with Gasteiger partial charge >= 0.3 is 0 Å². The molecular weight excluding hydrogens is 335 g/mol. The summed E-state index contributed by atoms with van der Waals surface area (Å²) in [4.78, 5) is 0. The van der Waals surface area contributed by atoms with Gasteiger partial charge in [-0.25, -0.2) is 0 Å². The van der Waals surface area contributed by atoms with Crippen molar-refractivity contribution in [1.29, 1.82) is 0 Å². The van der Waals surface area contributed by atoms with Crippen LogP contribution in [0.25, 0.3) is 11.5 Å².